The monoisotopic (exact) mass is 378 g/mol. The van der Waals surface area contributed by atoms with Gasteiger partial charge in [0.05, 0.1) is 5.25 Å². The van der Waals surface area contributed by atoms with E-state index in [-0.39, 0.29) is 22.4 Å². The Morgan fingerprint density at radius 3 is 2.50 bits per heavy atom. The van der Waals surface area contributed by atoms with E-state index in [2.05, 4.69) is 22.4 Å². The van der Waals surface area contributed by atoms with E-state index in [4.69, 9.17) is 0 Å². The lowest BCUT2D eigenvalue weighted by atomic mass is 9.53. The van der Waals surface area contributed by atoms with Gasteiger partial charge < -0.3 is 5.32 Å². The molecular weight excluding hydrogens is 348 g/mol. The fourth-order valence-electron chi connectivity index (χ4n) is 5.74. The van der Waals surface area contributed by atoms with Gasteiger partial charge in [-0.1, -0.05) is 25.1 Å². The van der Waals surface area contributed by atoms with E-state index in [1.807, 2.05) is 6.92 Å². The standard InChI is InChI=1S/C19H30N4O2S/c1-3-4-5-23-17(25)21-22-18(23)26-12(2)16(24)20-19-9-13-6-14(10-19)8-15(7-13)11-19/h12-15H,3-11H2,1-2H3,(H,20,24)(H,21,25). The summed E-state index contributed by atoms with van der Waals surface area (Å²) in [5.41, 5.74) is -0.150. The normalized spacial score (nSPS) is 33.4. The molecule has 7 heteroatoms. The molecule has 1 unspecified atom stereocenters. The number of hydrogen-bond acceptors (Lipinski definition) is 4. The third kappa shape index (κ3) is 3.47. The van der Waals surface area contributed by atoms with Crippen molar-refractivity contribution in [1.82, 2.24) is 20.1 Å². The van der Waals surface area contributed by atoms with Gasteiger partial charge in [0.15, 0.2) is 5.16 Å². The van der Waals surface area contributed by atoms with Crippen LogP contribution in [0.3, 0.4) is 0 Å². The topological polar surface area (TPSA) is 79.8 Å². The maximum atomic E-state index is 12.9. The molecule has 4 bridgehead atoms. The first kappa shape index (κ1) is 18.1. The number of unbranched alkanes of at least 4 members (excludes halogenated alkanes) is 1. The van der Waals surface area contributed by atoms with Gasteiger partial charge in [0.2, 0.25) is 5.91 Å². The number of nitrogens with one attached hydrogen (secondary N) is 2. The minimum absolute atomic E-state index is 0.0358. The Hall–Kier alpha value is -1.24. The molecule has 2 N–H and O–H groups in total. The Morgan fingerprint density at radius 1 is 1.31 bits per heavy atom. The number of carbonyl (C=O) groups is 1. The summed E-state index contributed by atoms with van der Waals surface area (Å²) in [4.78, 5) is 24.8. The van der Waals surface area contributed by atoms with Crippen molar-refractivity contribution >= 4 is 17.7 Å². The zero-order chi connectivity index (χ0) is 18.3. The summed E-state index contributed by atoms with van der Waals surface area (Å²) in [6, 6.07) is 0. The summed E-state index contributed by atoms with van der Waals surface area (Å²) in [7, 11) is 0. The van der Waals surface area contributed by atoms with Crippen LogP contribution in [0.25, 0.3) is 0 Å². The Balaban J connectivity index is 1.40. The highest BCUT2D eigenvalue weighted by molar-refractivity contribution is 8.00. The van der Waals surface area contributed by atoms with Crippen LogP contribution in [0.5, 0.6) is 0 Å². The fraction of sp³-hybridized carbons (Fsp3) is 0.842. The number of amides is 1. The molecule has 0 spiro atoms. The van der Waals surface area contributed by atoms with Crippen LogP contribution in [0.4, 0.5) is 0 Å². The average molecular weight is 379 g/mol. The minimum Gasteiger partial charge on any atom is -0.350 e. The Kier molecular flexibility index (Phi) is 4.92. The van der Waals surface area contributed by atoms with Gasteiger partial charge in [0.1, 0.15) is 0 Å². The number of thioether (sulfide) groups is 1. The third-order valence-electron chi connectivity index (χ3n) is 6.54. The summed E-state index contributed by atoms with van der Waals surface area (Å²) in [6.45, 7) is 4.67. The maximum Gasteiger partial charge on any atom is 0.343 e. The number of aromatic nitrogens is 3. The van der Waals surface area contributed by atoms with Gasteiger partial charge in [0.25, 0.3) is 0 Å². The van der Waals surface area contributed by atoms with Gasteiger partial charge in [-0.2, -0.15) is 0 Å². The van der Waals surface area contributed by atoms with Crippen molar-refractivity contribution in [2.24, 2.45) is 17.8 Å². The highest BCUT2D eigenvalue weighted by Crippen LogP contribution is 2.55. The number of aromatic amines is 1. The first-order valence-electron chi connectivity index (χ1n) is 10.1. The lowest BCUT2D eigenvalue weighted by Gasteiger charge is -2.57. The summed E-state index contributed by atoms with van der Waals surface area (Å²) in [6.07, 6.45) is 9.54. The second-order valence-corrected chi connectivity index (χ2v) is 10.1. The summed E-state index contributed by atoms with van der Waals surface area (Å²) in [5, 5.41) is 10.4. The lowest BCUT2D eigenvalue weighted by Crippen LogP contribution is -2.60. The number of H-pyrrole nitrogens is 1. The largest absolute Gasteiger partial charge is 0.350 e. The smallest absolute Gasteiger partial charge is 0.343 e. The number of carbonyl (C=O) groups excluding carboxylic acids is 1. The molecule has 1 aromatic rings. The number of nitrogens with zero attached hydrogens (tertiary/aromatic N) is 2. The second-order valence-electron chi connectivity index (χ2n) is 8.76. The molecule has 4 aliphatic rings. The molecule has 0 aromatic carbocycles. The van der Waals surface area contributed by atoms with Crippen LogP contribution in [-0.2, 0) is 11.3 Å². The van der Waals surface area contributed by atoms with Crippen molar-refractivity contribution in [3.05, 3.63) is 10.5 Å². The molecule has 1 atom stereocenters. The Bertz CT molecular complexity index is 690. The Morgan fingerprint density at radius 2 is 1.92 bits per heavy atom. The van der Waals surface area contributed by atoms with E-state index in [1.54, 1.807) is 4.57 Å². The SMILES string of the molecule is CCCCn1c(SC(C)C(=O)NC23CC4CC(CC(C4)C2)C3)n[nH]c1=O. The summed E-state index contributed by atoms with van der Waals surface area (Å²) in [5.74, 6) is 2.54. The highest BCUT2D eigenvalue weighted by atomic mass is 32.2. The molecule has 0 aliphatic heterocycles. The molecule has 4 aliphatic carbocycles. The van der Waals surface area contributed by atoms with Crippen molar-refractivity contribution in [2.75, 3.05) is 0 Å². The van der Waals surface area contributed by atoms with E-state index in [0.29, 0.717) is 11.7 Å². The van der Waals surface area contributed by atoms with Gasteiger partial charge in [-0.15, -0.1) is 5.10 Å². The fourth-order valence-corrected chi connectivity index (χ4v) is 6.63. The predicted molar refractivity (Wildman–Crippen MR) is 102 cm³/mol. The van der Waals surface area contributed by atoms with E-state index < -0.39 is 0 Å². The van der Waals surface area contributed by atoms with Crippen LogP contribution in [-0.4, -0.2) is 31.5 Å². The predicted octanol–water partition coefficient (Wildman–Crippen LogP) is 2.94. The lowest BCUT2D eigenvalue weighted by molar-refractivity contribution is -0.126. The van der Waals surface area contributed by atoms with Crippen LogP contribution < -0.4 is 11.0 Å². The molecule has 144 valence electrons. The van der Waals surface area contributed by atoms with Crippen molar-refractivity contribution < 1.29 is 4.79 Å². The first-order chi connectivity index (χ1) is 12.5. The first-order valence-corrected chi connectivity index (χ1v) is 11.0. The van der Waals surface area contributed by atoms with Gasteiger partial charge >= 0.3 is 5.69 Å². The summed E-state index contributed by atoms with van der Waals surface area (Å²) >= 11 is 1.39. The van der Waals surface area contributed by atoms with Gasteiger partial charge in [0, 0.05) is 12.1 Å². The molecule has 0 saturated heterocycles. The molecule has 26 heavy (non-hydrogen) atoms. The molecule has 6 nitrogen and oxygen atoms in total. The molecule has 4 fully saturated rings. The summed E-state index contributed by atoms with van der Waals surface area (Å²) < 4.78 is 1.66. The molecule has 4 saturated carbocycles. The van der Waals surface area contributed by atoms with Crippen LogP contribution in [0.1, 0.15) is 65.2 Å². The van der Waals surface area contributed by atoms with Crippen LogP contribution >= 0.6 is 11.8 Å². The van der Waals surface area contributed by atoms with Crippen molar-refractivity contribution in [3.63, 3.8) is 0 Å². The molecular formula is C19H30N4O2S. The molecule has 0 radical (unpaired) electrons. The quantitative estimate of drug-likeness (QED) is 0.715. The maximum absolute atomic E-state index is 12.9. The zero-order valence-corrected chi connectivity index (χ0v) is 16.6. The third-order valence-corrected chi connectivity index (χ3v) is 7.63. The van der Waals surface area contributed by atoms with Crippen LogP contribution in [0, 0.1) is 17.8 Å². The highest BCUT2D eigenvalue weighted by Gasteiger charge is 2.51. The van der Waals surface area contributed by atoms with E-state index in [1.165, 1.54) is 31.0 Å². The molecule has 1 amide bonds. The number of rotatable bonds is 7. The van der Waals surface area contributed by atoms with Crippen LogP contribution in [0.15, 0.2) is 9.95 Å². The van der Waals surface area contributed by atoms with Crippen LogP contribution in [0.2, 0.25) is 0 Å². The second kappa shape index (κ2) is 7.06. The molecule has 1 aromatic heterocycles. The van der Waals surface area contributed by atoms with Crippen molar-refractivity contribution in [1.29, 1.82) is 0 Å². The van der Waals surface area contributed by atoms with E-state index in [0.717, 1.165) is 49.9 Å². The Labute approximate surface area is 158 Å². The van der Waals surface area contributed by atoms with Gasteiger partial charge in [-0.25, -0.2) is 9.89 Å². The van der Waals surface area contributed by atoms with Gasteiger partial charge in [-0.3, -0.25) is 9.36 Å². The van der Waals surface area contributed by atoms with E-state index in [9.17, 15) is 9.59 Å². The minimum atomic E-state index is -0.251. The average Bonchev–Trinajstić information content (AvgIpc) is 2.91. The van der Waals surface area contributed by atoms with E-state index >= 15 is 0 Å². The molecule has 5 rings (SSSR count). The van der Waals surface area contributed by atoms with Gasteiger partial charge in [-0.05, 0) is 69.6 Å². The van der Waals surface area contributed by atoms with Crippen molar-refractivity contribution in [2.45, 2.75) is 87.7 Å². The number of hydrogen-bond donors (Lipinski definition) is 2. The van der Waals surface area contributed by atoms with Crippen molar-refractivity contribution in [3.8, 4) is 0 Å². The zero-order valence-electron chi connectivity index (χ0n) is 15.8. The molecule has 1 heterocycles.